The average molecular weight is 506 g/mol. The van der Waals surface area contributed by atoms with Crippen molar-refractivity contribution in [1.82, 2.24) is 0 Å². The molecule has 3 aromatic carbocycles. The van der Waals surface area contributed by atoms with E-state index in [1.54, 1.807) is 36.4 Å². The van der Waals surface area contributed by atoms with Crippen molar-refractivity contribution in [2.75, 3.05) is 5.32 Å². The second kappa shape index (κ2) is 10.5. The van der Waals surface area contributed by atoms with Crippen LogP contribution in [-0.2, 0) is 4.79 Å². The molecule has 9 heteroatoms. The number of hydrogen-bond acceptors (Lipinski definition) is 4. The van der Waals surface area contributed by atoms with E-state index in [1.165, 1.54) is 30.3 Å². The van der Waals surface area contributed by atoms with E-state index in [0.717, 1.165) is 0 Å². The van der Waals surface area contributed by atoms with Crippen LogP contribution in [0.3, 0.4) is 0 Å². The van der Waals surface area contributed by atoms with Gasteiger partial charge in [-0.2, -0.15) is 5.26 Å². The van der Waals surface area contributed by atoms with E-state index in [2.05, 4.69) is 5.32 Å². The summed E-state index contributed by atoms with van der Waals surface area (Å²) in [6.07, 6.45) is 1.29. The fourth-order valence-electron chi connectivity index (χ4n) is 2.58. The lowest BCUT2D eigenvalue weighted by Crippen LogP contribution is -2.13. The third kappa shape index (κ3) is 5.82. The second-order valence-electron chi connectivity index (χ2n) is 6.32. The van der Waals surface area contributed by atoms with Gasteiger partial charge in [-0.05, 0) is 54.1 Å². The zero-order valence-corrected chi connectivity index (χ0v) is 19.1. The summed E-state index contributed by atoms with van der Waals surface area (Å²) in [5, 5.41) is 12.6. The monoisotopic (exact) mass is 504 g/mol. The quantitative estimate of drug-likeness (QED) is 0.174. The molecule has 0 bridgehead atoms. The number of carbonyl (C=O) groups is 2. The Hall–Kier alpha value is -3.01. The van der Waals surface area contributed by atoms with Gasteiger partial charge in [0.05, 0.1) is 26.3 Å². The minimum atomic E-state index is -0.705. The van der Waals surface area contributed by atoms with Crippen LogP contribution in [0.4, 0.5) is 5.69 Å². The zero-order valence-electron chi connectivity index (χ0n) is 16.0. The summed E-state index contributed by atoms with van der Waals surface area (Å²) < 4.78 is 5.30. The lowest BCUT2D eigenvalue weighted by Gasteiger charge is -2.10. The van der Waals surface area contributed by atoms with Gasteiger partial charge in [-0.3, -0.25) is 4.79 Å². The van der Waals surface area contributed by atoms with E-state index < -0.39 is 11.9 Å². The Morgan fingerprint density at radius 2 is 1.56 bits per heavy atom. The van der Waals surface area contributed by atoms with E-state index in [-0.39, 0.29) is 32.1 Å². The van der Waals surface area contributed by atoms with Gasteiger partial charge in [0.15, 0.2) is 5.75 Å². The van der Waals surface area contributed by atoms with Gasteiger partial charge in [-0.15, -0.1) is 0 Å². The highest BCUT2D eigenvalue weighted by Crippen LogP contribution is 2.35. The number of esters is 1. The molecule has 0 heterocycles. The fourth-order valence-corrected chi connectivity index (χ4v) is 3.50. The number of halogens is 4. The number of anilines is 1. The van der Waals surface area contributed by atoms with Gasteiger partial charge in [0, 0.05) is 5.02 Å². The molecule has 0 spiro atoms. The summed E-state index contributed by atoms with van der Waals surface area (Å²) in [5.74, 6) is -1.37. The molecule has 0 atom stereocenters. The third-order valence-electron chi connectivity index (χ3n) is 4.08. The Labute approximate surface area is 203 Å². The topological polar surface area (TPSA) is 79.2 Å². The third-order valence-corrected chi connectivity index (χ3v) is 5.20. The number of nitrogens with one attached hydrogen (secondary N) is 1. The first-order valence-electron chi connectivity index (χ1n) is 8.93. The molecule has 0 aliphatic carbocycles. The maximum Gasteiger partial charge on any atom is 0.343 e. The number of amides is 1. The SMILES string of the molecule is N#C/C(=C\c1cc(Cl)c(OC(=O)c2ccccc2)c(Cl)c1)C(=O)Nc1cc(Cl)ccc1Cl. The van der Waals surface area contributed by atoms with Crippen LogP contribution in [0.15, 0.2) is 66.2 Å². The molecule has 0 unspecified atom stereocenters. The summed E-state index contributed by atoms with van der Waals surface area (Å²) in [4.78, 5) is 24.8. The molecule has 1 amide bonds. The number of carbonyl (C=O) groups excluding carboxylic acids is 2. The van der Waals surface area contributed by atoms with E-state index >= 15 is 0 Å². The average Bonchev–Trinajstić information content (AvgIpc) is 2.77. The van der Waals surface area contributed by atoms with E-state index in [0.29, 0.717) is 16.1 Å². The van der Waals surface area contributed by atoms with Crippen molar-refractivity contribution in [3.8, 4) is 11.8 Å². The number of benzene rings is 3. The van der Waals surface area contributed by atoms with Gasteiger partial charge in [-0.1, -0.05) is 64.6 Å². The number of nitriles is 1. The maximum absolute atomic E-state index is 12.5. The predicted octanol–water partition coefficient (Wildman–Crippen LogP) is 7.07. The number of rotatable bonds is 5. The van der Waals surface area contributed by atoms with Gasteiger partial charge in [0.1, 0.15) is 11.6 Å². The molecule has 3 aromatic rings. The molecule has 3 rings (SSSR count). The normalized spacial score (nSPS) is 10.9. The Morgan fingerprint density at radius 3 is 2.19 bits per heavy atom. The Morgan fingerprint density at radius 1 is 0.906 bits per heavy atom. The molecule has 0 saturated heterocycles. The van der Waals surface area contributed by atoms with Crippen molar-refractivity contribution < 1.29 is 14.3 Å². The van der Waals surface area contributed by atoms with E-state index in [4.69, 9.17) is 51.1 Å². The van der Waals surface area contributed by atoms with Crippen LogP contribution < -0.4 is 10.1 Å². The van der Waals surface area contributed by atoms with Crippen molar-refractivity contribution in [2.24, 2.45) is 0 Å². The summed E-state index contributed by atoms with van der Waals surface area (Å²) in [6.45, 7) is 0. The molecule has 5 nitrogen and oxygen atoms in total. The first-order valence-corrected chi connectivity index (χ1v) is 10.4. The molecule has 0 radical (unpaired) electrons. The highest BCUT2D eigenvalue weighted by atomic mass is 35.5. The maximum atomic E-state index is 12.5. The zero-order chi connectivity index (χ0) is 23.3. The molecule has 1 N–H and O–H groups in total. The van der Waals surface area contributed by atoms with Gasteiger partial charge >= 0.3 is 5.97 Å². The molecule has 0 saturated carbocycles. The molecule has 0 aliphatic heterocycles. The number of nitrogens with zero attached hydrogens (tertiary/aromatic N) is 1. The molecular formula is C23H12Cl4N2O3. The van der Waals surface area contributed by atoms with Crippen LogP contribution in [0.2, 0.25) is 20.1 Å². The fraction of sp³-hybridized carbons (Fsp3) is 0. The number of ether oxygens (including phenoxy) is 1. The first-order chi connectivity index (χ1) is 15.3. The van der Waals surface area contributed by atoms with Crippen LogP contribution in [0.1, 0.15) is 15.9 Å². The molecule has 0 aromatic heterocycles. The smallest absolute Gasteiger partial charge is 0.343 e. The van der Waals surface area contributed by atoms with Crippen LogP contribution in [0.5, 0.6) is 5.75 Å². The van der Waals surface area contributed by atoms with E-state index in [9.17, 15) is 14.9 Å². The highest BCUT2D eigenvalue weighted by Gasteiger charge is 2.17. The lowest BCUT2D eigenvalue weighted by molar-refractivity contribution is -0.112. The van der Waals surface area contributed by atoms with E-state index in [1.807, 2.05) is 6.07 Å². The molecule has 0 aliphatic rings. The standard InChI is InChI=1S/C23H12Cl4N2O3/c24-16-6-7-17(25)20(11-16)29-22(30)15(12-28)8-13-9-18(26)21(19(27)10-13)32-23(31)14-4-2-1-3-5-14/h1-11H,(H,29,30)/b15-8+. The minimum absolute atomic E-state index is 0.0311. The van der Waals surface area contributed by atoms with Crippen LogP contribution >= 0.6 is 46.4 Å². The van der Waals surface area contributed by atoms with Crippen molar-refractivity contribution in [3.63, 3.8) is 0 Å². The van der Waals surface area contributed by atoms with Gasteiger partial charge < -0.3 is 10.1 Å². The van der Waals surface area contributed by atoms with Crippen LogP contribution in [0.25, 0.3) is 6.08 Å². The van der Waals surface area contributed by atoms with Crippen molar-refractivity contribution >= 4 is 70.0 Å². The van der Waals surface area contributed by atoms with Crippen molar-refractivity contribution in [1.29, 1.82) is 5.26 Å². The largest absolute Gasteiger partial charge is 0.420 e. The summed E-state index contributed by atoms with van der Waals surface area (Å²) >= 11 is 24.4. The number of hydrogen-bond donors (Lipinski definition) is 1. The Kier molecular flexibility index (Phi) is 7.79. The van der Waals surface area contributed by atoms with Crippen LogP contribution in [0, 0.1) is 11.3 Å². The lowest BCUT2D eigenvalue weighted by atomic mass is 10.1. The predicted molar refractivity (Wildman–Crippen MR) is 127 cm³/mol. The molecule has 0 fully saturated rings. The minimum Gasteiger partial charge on any atom is -0.420 e. The summed E-state index contributed by atoms with van der Waals surface area (Å²) in [5.41, 5.74) is 0.696. The first kappa shape index (κ1) is 23.6. The van der Waals surface area contributed by atoms with Gasteiger partial charge in [-0.25, -0.2) is 4.79 Å². The highest BCUT2D eigenvalue weighted by molar-refractivity contribution is 6.38. The van der Waals surface area contributed by atoms with Crippen molar-refractivity contribution in [2.45, 2.75) is 0 Å². The Bertz CT molecular complexity index is 1240. The molecule has 160 valence electrons. The summed E-state index contributed by atoms with van der Waals surface area (Å²) in [7, 11) is 0. The van der Waals surface area contributed by atoms with Gasteiger partial charge in [0.25, 0.3) is 5.91 Å². The van der Waals surface area contributed by atoms with Crippen LogP contribution in [-0.4, -0.2) is 11.9 Å². The molecular weight excluding hydrogens is 494 g/mol. The summed E-state index contributed by atoms with van der Waals surface area (Å²) in [6, 6.07) is 17.5. The Balaban J connectivity index is 1.84. The van der Waals surface area contributed by atoms with Crippen molar-refractivity contribution in [3.05, 3.63) is 97.5 Å². The molecule has 32 heavy (non-hydrogen) atoms. The second-order valence-corrected chi connectivity index (χ2v) is 7.98. The van der Waals surface area contributed by atoms with Gasteiger partial charge in [0.2, 0.25) is 0 Å².